The molecule has 0 fully saturated rings. The van der Waals surface area contributed by atoms with E-state index in [9.17, 15) is 4.79 Å². The maximum Gasteiger partial charge on any atom is 0.340 e. The number of nitrogens with one attached hydrogen (secondary N) is 1. The van der Waals surface area contributed by atoms with Gasteiger partial charge in [0.15, 0.2) is 0 Å². The van der Waals surface area contributed by atoms with Crippen LogP contribution in [0.5, 0.6) is 0 Å². The SMILES string of the molecule is C=CCN(C([NH])=O)c1ccccc1. The zero-order chi connectivity index (χ0) is 9.68. The molecule has 67 valence electrons. The first-order valence-electron chi connectivity index (χ1n) is 3.94. The number of para-hydroxylation sites is 1. The van der Waals surface area contributed by atoms with Crippen LogP contribution < -0.4 is 10.6 Å². The van der Waals surface area contributed by atoms with Crippen molar-refractivity contribution in [3.63, 3.8) is 0 Å². The van der Waals surface area contributed by atoms with Crippen molar-refractivity contribution in [1.29, 1.82) is 0 Å². The van der Waals surface area contributed by atoms with E-state index in [0.29, 0.717) is 6.54 Å². The van der Waals surface area contributed by atoms with Gasteiger partial charge in [0.1, 0.15) is 0 Å². The number of hydrogen-bond donors (Lipinski definition) is 0. The topological polar surface area (TPSA) is 44.1 Å². The molecule has 0 unspecified atom stereocenters. The Kier molecular flexibility index (Phi) is 3.09. The molecule has 1 N–H and O–H groups in total. The predicted molar refractivity (Wildman–Crippen MR) is 52.5 cm³/mol. The van der Waals surface area contributed by atoms with E-state index in [4.69, 9.17) is 5.73 Å². The molecule has 13 heavy (non-hydrogen) atoms. The summed E-state index contributed by atoms with van der Waals surface area (Å²) in [5.74, 6) is 0. The van der Waals surface area contributed by atoms with Gasteiger partial charge < -0.3 is 0 Å². The maximum atomic E-state index is 10.9. The van der Waals surface area contributed by atoms with Gasteiger partial charge in [-0.2, -0.15) is 0 Å². The molecule has 0 saturated heterocycles. The number of urea groups is 1. The summed E-state index contributed by atoms with van der Waals surface area (Å²) in [6.45, 7) is 3.90. The summed E-state index contributed by atoms with van der Waals surface area (Å²) in [4.78, 5) is 12.2. The molecule has 0 aliphatic heterocycles. The monoisotopic (exact) mass is 175 g/mol. The molecule has 0 aromatic heterocycles. The van der Waals surface area contributed by atoms with Crippen molar-refractivity contribution >= 4 is 11.7 Å². The molecule has 2 amide bonds. The van der Waals surface area contributed by atoms with E-state index >= 15 is 0 Å². The van der Waals surface area contributed by atoms with Crippen molar-refractivity contribution in [3.05, 3.63) is 43.0 Å². The Balaban J connectivity index is 2.88. The molecule has 3 heteroatoms. The van der Waals surface area contributed by atoms with Gasteiger partial charge >= 0.3 is 6.03 Å². The van der Waals surface area contributed by atoms with Crippen LogP contribution in [0, 0.1) is 0 Å². The van der Waals surface area contributed by atoms with E-state index in [1.165, 1.54) is 4.90 Å². The van der Waals surface area contributed by atoms with Gasteiger partial charge in [0.2, 0.25) is 0 Å². The Morgan fingerprint density at radius 3 is 2.54 bits per heavy atom. The third-order valence-corrected chi connectivity index (χ3v) is 1.62. The highest BCUT2D eigenvalue weighted by atomic mass is 16.2. The Morgan fingerprint density at radius 1 is 1.46 bits per heavy atom. The molecule has 0 bridgehead atoms. The molecular formula is C10H11N2O. The van der Waals surface area contributed by atoms with Gasteiger partial charge in [0.25, 0.3) is 0 Å². The lowest BCUT2D eigenvalue weighted by Gasteiger charge is -2.17. The number of nitrogens with zero attached hydrogens (tertiary/aromatic N) is 1. The normalized spacial score (nSPS) is 9.23. The third-order valence-electron chi connectivity index (χ3n) is 1.62. The lowest BCUT2D eigenvalue weighted by atomic mass is 10.3. The van der Waals surface area contributed by atoms with Crippen LogP contribution in [0.15, 0.2) is 43.0 Å². The summed E-state index contributed by atoms with van der Waals surface area (Å²) in [7, 11) is 0. The lowest BCUT2D eigenvalue weighted by Crippen LogP contribution is -2.30. The second kappa shape index (κ2) is 4.30. The van der Waals surface area contributed by atoms with E-state index in [1.807, 2.05) is 18.2 Å². The number of amides is 2. The van der Waals surface area contributed by atoms with Gasteiger partial charge in [-0.1, -0.05) is 24.3 Å². The van der Waals surface area contributed by atoms with Crippen LogP contribution >= 0.6 is 0 Å². The fourth-order valence-electron chi connectivity index (χ4n) is 1.04. The zero-order valence-corrected chi connectivity index (χ0v) is 7.23. The van der Waals surface area contributed by atoms with Gasteiger partial charge in [-0.05, 0) is 12.1 Å². The van der Waals surface area contributed by atoms with E-state index in [2.05, 4.69) is 6.58 Å². The average molecular weight is 175 g/mol. The Hall–Kier alpha value is -1.77. The van der Waals surface area contributed by atoms with Gasteiger partial charge in [0, 0.05) is 12.2 Å². The first-order valence-corrected chi connectivity index (χ1v) is 3.94. The average Bonchev–Trinajstić information content (AvgIpc) is 2.15. The number of hydrogen-bond acceptors (Lipinski definition) is 1. The molecule has 1 rings (SSSR count). The fourth-order valence-corrected chi connectivity index (χ4v) is 1.04. The molecule has 1 aromatic rings. The molecule has 0 heterocycles. The number of carbonyl (C=O) groups is 1. The van der Waals surface area contributed by atoms with Crippen LogP contribution in [0.2, 0.25) is 0 Å². The van der Waals surface area contributed by atoms with Crippen molar-refractivity contribution in [3.8, 4) is 0 Å². The number of benzene rings is 1. The molecular weight excluding hydrogens is 164 g/mol. The van der Waals surface area contributed by atoms with Crippen LogP contribution in [0.25, 0.3) is 0 Å². The summed E-state index contributed by atoms with van der Waals surface area (Å²) in [6.07, 6.45) is 1.60. The fraction of sp³-hybridized carbons (Fsp3) is 0.100. The van der Waals surface area contributed by atoms with Gasteiger partial charge in [-0.15, -0.1) is 6.58 Å². The van der Waals surface area contributed by atoms with E-state index in [-0.39, 0.29) is 0 Å². The second-order valence-electron chi connectivity index (χ2n) is 2.54. The van der Waals surface area contributed by atoms with Crippen molar-refractivity contribution < 1.29 is 4.79 Å². The van der Waals surface area contributed by atoms with Gasteiger partial charge in [0.05, 0.1) is 0 Å². The molecule has 3 nitrogen and oxygen atoms in total. The van der Waals surface area contributed by atoms with Crippen molar-refractivity contribution in [1.82, 2.24) is 5.73 Å². The minimum atomic E-state index is -0.717. The molecule has 0 aliphatic carbocycles. The van der Waals surface area contributed by atoms with Gasteiger partial charge in [-0.25, -0.2) is 10.5 Å². The third kappa shape index (κ3) is 2.33. The zero-order valence-electron chi connectivity index (χ0n) is 7.23. The van der Waals surface area contributed by atoms with Crippen LogP contribution in [-0.4, -0.2) is 12.6 Å². The minimum Gasteiger partial charge on any atom is -0.289 e. The Labute approximate surface area is 77.5 Å². The van der Waals surface area contributed by atoms with Crippen LogP contribution in [0.3, 0.4) is 0 Å². The number of carbonyl (C=O) groups excluding carboxylic acids is 1. The summed E-state index contributed by atoms with van der Waals surface area (Å²) in [5, 5.41) is 0. The Bertz CT molecular complexity index is 295. The predicted octanol–water partition coefficient (Wildman–Crippen LogP) is 2.08. The van der Waals surface area contributed by atoms with E-state index in [1.54, 1.807) is 18.2 Å². The quantitative estimate of drug-likeness (QED) is 0.648. The number of rotatable bonds is 3. The standard InChI is InChI=1S/C10H11N2O/c1-2-8-12(10(11)13)9-6-4-3-5-7-9/h2-7,11H,1,8H2. The van der Waals surface area contributed by atoms with Crippen LogP contribution in [0.1, 0.15) is 0 Å². The molecule has 1 radical (unpaired) electrons. The molecule has 0 saturated carbocycles. The largest absolute Gasteiger partial charge is 0.340 e. The molecule has 0 spiro atoms. The summed E-state index contributed by atoms with van der Waals surface area (Å²) < 4.78 is 0. The molecule has 0 aliphatic rings. The highest BCUT2D eigenvalue weighted by molar-refractivity contribution is 5.90. The minimum absolute atomic E-state index is 0.367. The lowest BCUT2D eigenvalue weighted by molar-refractivity contribution is 0.253. The van der Waals surface area contributed by atoms with Gasteiger partial charge in [-0.3, -0.25) is 4.90 Å². The van der Waals surface area contributed by atoms with Crippen LogP contribution in [0.4, 0.5) is 10.5 Å². The van der Waals surface area contributed by atoms with E-state index < -0.39 is 6.03 Å². The summed E-state index contributed by atoms with van der Waals surface area (Å²) >= 11 is 0. The highest BCUT2D eigenvalue weighted by Gasteiger charge is 2.09. The molecule has 1 aromatic carbocycles. The smallest absolute Gasteiger partial charge is 0.289 e. The van der Waals surface area contributed by atoms with Crippen molar-refractivity contribution in [2.45, 2.75) is 0 Å². The summed E-state index contributed by atoms with van der Waals surface area (Å²) in [5.41, 5.74) is 7.74. The first kappa shape index (κ1) is 9.32. The van der Waals surface area contributed by atoms with E-state index in [0.717, 1.165) is 5.69 Å². The van der Waals surface area contributed by atoms with Crippen molar-refractivity contribution in [2.75, 3.05) is 11.4 Å². The highest BCUT2D eigenvalue weighted by Crippen LogP contribution is 2.12. The number of anilines is 1. The van der Waals surface area contributed by atoms with Crippen LogP contribution in [-0.2, 0) is 0 Å². The Morgan fingerprint density at radius 2 is 2.08 bits per heavy atom. The molecule has 0 atom stereocenters. The first-order chi connectivity index (χ1) is 6.25. The maximum absolute atomic E-state index is 10.9. The van der Waals surface area contributed by atoms with Crippen molar-refractivity contribution in [2.24, 2.45) is 0 Å². The second-order valence-corrected chi connectivity index (χ2v) is 2.54. The summed E-state index contributed by atoms with van der Waals surface area (Å²) in [6, 6.07) is 8.38.